The first-order valence-electron chi connectivity index (χ1n) is 13.6. The molecule has 0 aliphatic heterocycles. The molecule has 6 heteroatoms. The highest BCUT2D eigenvalue weighted by Gasteiger charge is 2.64. The lowest BCUT2D eigenvalue weighted by molar-refractivity contribution is -0.164. The Bertz CT molecular complexity index is 839. The summed E-state index contributed by atoms with van der Waals surface area (Å²) in [5, 5.41) is 8.41. The lowest BCUT2D eigenvalue weighted by atomic mass is 9.45. The molecule has 4 aliphatic carbocycles. The SMILES string of the molecule is CCN(CC)[C@H]1CC[C@@]2(C)[C@@H](CC[C@@H]3[C@@H]2CC[C@@]2(C)[C@H]3C[C@H](n3ccnn3)[C@@H]2OC(C)=O)C1. The van der Waals surface area contributed by atoms with Crippen LogP contribution in [0.25, 0.3) is 0 Å². The maximum atomic E-state index is 12.1. The number of ether oxygens (including phenoxy) is 1. The van der Waals surface area contributed by atoms with Gasteiger partial charge in [0.25, 0.3) is 0 Å². The van der Waals surface area contributed by atoms with Gasteiger partial charge in [-0.15, -0.1) is 5.10 Å². The maximum Gasteiger partial charge on any atom is 0.302 e. The Hall–Kier alpha value is -1.43. The van der Waals surface area contributed by atoms with Gasteiger partial charge in [-0.2, -0.15) is 0 Å². The highest BCUT2D eigenvalue weighted by Crippen LogP contribution is 2.68. The molecule has 4 aliphatic rings. The smallest absolute Gasteiger partial charge is 0.302 e. The van der Waals surface area contributed by atoms with Crippen molar-refractivity contribution in [3.8, 4) is 0 Å². The minimum absolute atomic E-state index is 0.0328. The number of esters is 1. The van der Waals surface area contributed by atoms with Crippen molar-refractivity contribution in [3.05, 3.63) is 12.4 Å². The Morgan fingerprint density at radius 1 is 1.06 bits per heavy atom. The van der Waals surface area contributed by atoms with Crippen molar-refractivity contribution in [2.45, 2.75) is 104 Å². The minimum atomic E-state index is -0.167. The first kappa shape index (κ1) is 23.3. The molecule has 33 heavy (non-hydrogen) atoms. The van der Waals surface area contributed by atoms with Crippen molar-refractivity contribution in [1.82, 2.24) is 19.9 Å². The molecule has 0 N–H and O–H groups in total. The quantitative estimate of drug-likeness (QED) is 0.576. The van der Waals surface area contributed by atoms with E-state index in [1.165, 1.54) is 51.6 Å². The molecule has 0 spiro atoms. The Morgan fingerprint density at radius 2 is 1.82 bits per heavy atom. The van der Waals surface area contributed by atoms with Gasteiger partial charge in [-0.25, -0.2) is 4.68 Å². The van der Waals surface area contributed by atoms with E-state index in [2.05, 4.69) is 42.9 Å². The third kappa shape index (κ3) is 3.66. The number of nitrogens with zero attached hydrogens (tertiary/aromatic N) is 4. The molecule has 5 rings (SSSR count). The molecule has 0 amide bonds. The minimum Gasteiger partial charge on any atom is -0.460 e. The molecule has 6 nitrogen and oxygen atoms in total. The van der Waals surface area contributed by atoms with Crippen LogP contribution in [0.5, 0.6) is 0 Å². The van der Waals surface area contributed by atoms with Gasteiger partial charge in [0, 0.05) is 24.6 Å². The Morgan fingerprint density at radius 3 is 2.48 bits per heavy atom. The zero-order chi connectivity index (χ0) is 23.4. The van der Waals surface area contributed by atoms with E-state index < -0.39 is 0 Å². The second-order valence-electron chi connectivity index (χ2n) is 12.1. The van der Waals surface area contributed by atoms with Crippen molar-refractivity contribution >= 4 is 5.97 Å². The first-order valence-corrected chi connectivity index (χ1v) is 13.6. The highest BCUT2D eigenvalue weighted by atomic mass is 16.5. The number of fused-ring (bicyclic) bond motifs is 5. The number of aromatic nitrogens is 3. The summed E-state index contributed by atoms with van der Waals surface area (Å²) in [6, 6.07) is 0.883. The van der Waals surface area contributed by atoms with E-state index in [9.17, 15) is 4.79 Å². The van der Waals surface area contributed by atoms with Gasteiger partial charge >= 0.3 is 5.97 Å². The van der Waals surface area contributed by atoms with Gasteiger partial charge in [0.05, 0.1) is 12.2 Å². The summed E-state index contributed by atoms with van der Waals surface area (Å²) in [7, 11) is 0. The third-order valence-corrected chi connectivity index (χ3v) is 11.0. The van der Waals surface area contributed by atoms with Gasteiger partial charge in [0.2, 0.25) is 0 Å². The van der Waals surface area contributed by atoms with Crippen LogP contribution in [0, 0.1) is 34.5 Å². The van der Waals surface area contributed by atoms with E-state index in [-0.39, 0.29) is 23.5 Å². The Labute approximate surface area is 199 Å². The van der Waals surface area contributed by atoms with E-state index in [0.29, 0.717) is 11.3 Å². The largest absolute Gasteiger partial charge is 0.460 e. The maximum absolute atomic E-state index is 12.1. The summed E-state index contributed by atoms with van der Waals surface area (Å²) < 4.78 is 8.03. The molecule has 1 aromatic heterocycles. The zero-order valence-corrected chi connectivity index (χ0v) is 21.4. The summed E-state index contributed by atoms with van der Waals surface area (Å²) >= 11 is 0. The molecule has 184 valence electrons. The highest BCUT2D eigenvalue weighted by molar-refractivity contribution is 5.66. The summed E-state index contributed by atoms with van der Waals surface area (Å²) in [6.07, 6.45) is 13.9. The van der Waals surface area contributed by atoms with E-state index in [4.69, 9.17) is 4.74 Å². The molecule has 4 saturated carbocycles. The number of rotatable bonds is 5. The second-order valence-corrected chi connectivity index (χ2v) is 12.1. The topological polar surface area (TPSA) is 60.3 Å². The Kier molecular flexibility index (Phi) is 6.12. The molecule has 1 aromatic rings. The fourth-order valence-electron chi connectivity index (χ4n) is 9.31. The van der Waals surface area contributed by atoms with Crippen LogP contribution >= 0.6 is 0 Å². The van der Waals surface area contributed by atoms with Crippen LogP contribution in [-0.4, -0.2) is 51.1 Å². The number of hydrogen-bond donors (Lipinski definition) is 0. The van der Waals surface area contributed by atoms with Gasteiger partial charge in [0.1, 0.15) is 6.10 Å². The average Bonchev–Trinajstić information content (AvgIpc) is 3.41. The fourth-order valence-corrected chi connectivity index (χ4v) is 9.31. The van der Waals surface area contributed by atoms with Crippen LogP contribution < -0.4 is 0 Å². The van der Waals surface area contributed by atoms with Gasteiger partial charge in [0.15, 0.2) is 0 Å². The predicted molar refractivity (Wildman–Crippen MR) is 128 cm³/mol. The van der Waals surface area contributed by atoms with Crippen LogP contribution in [-0.2, 0) is 9.53 Å². The molecule has 0 saturated heterocycles. The van der Waals surface area contributed by atoms with Gasteiger partial charge in [-0.05, 0) is 93.5 Å². The van der Waals surface area contributed by atoms with E-state index >= 15 is 0 Å². The van der Waals surface area contributed by atoms with Crippen LogP contribution in [0.2, 0.25) is 0 Å². The lowest BCUT2D eigenvalue weighted by Crippen LogP contribution is -2.56. The number of carbonyl (C=O) groups is 1. The molecular weight excluding hydrogens is 412 g/mol. The summed E-state index contributed by atoms with van der Waals surface area (Å²) in [6.45, 7) is 13.6. The number of carbonyl (C=O) groups excluding carboxylic acids is 1. The normalized spacial score (nSPS) is 44.7. The van der Waals surface area contributed by atoms with E-state index in [1.54, 1.807) is 13.1 Å². The summed E-state index contributed by atoms with van der Waals surface area (Å²) in [5.74, 6) is 2.83. The molecule has 1 heterocycles. The van der Waals surface area contributed by atoms with Crippen molar-refractivity contribution < 1.29 is 9.53 Å². The van der Waals surface area contributed by atoms with Crippen LogP contribution in [0.15, 0.2) is 12.4 Å². The van der Waals surface area contributed by atoms with Crippen molar-refractivity contribution in [3.63, 3.8) is 0 Å². The average molecular weight is 457 g/mol. The standard InChI is InChI=1S/C27H44N4O2/c1-6-30(7-2)20-10-12-26(4)19(16-20)8-9-21-22(26)11-13-27(5)23(21)17-24(25(27)33-18(3)32)31-15-14-28-29-31/h14-15,19-25H,6-13,16-17H2,1-5H3/t19-,20-,21+,22-,23-,24-,25-,26-,27-/m0/s1. The molecule has 0 bridgehead atoms. The van der Waals surface area contributed by atoms with Crippen LogP contribution in [0.1, 0.15) is 92.0 Å². The van der Waals surface area contributed by atoms with Crippen molar-refractivity contribution in [2.24, 2.45) is 34.5 Å². The number of hydrogen-bond acceptors (Lipinski definition) is 5. The first-order chi connectivity index (χ1) is 15.8. The molecule has 4 fully saturated rings. The van der Waals surface area contributed by atoms with Gasteiger partial charge < -0.3 is 9.64 Å². The second kappa shape index (κ2) is 8.66. The molecular formula is C27H44N4O2. The van der Waals surface area contributed by atoms with E-state index in [1.807, 2.05) is 10.9 Å². The monoisotopic (exact) mass is 456 g/mol. The van der Waals surface area contributed by atoms with Crippen LogP contribution in [0.4, 0.5) is 0 Å². The molecule has 0 unspecified atom stereocenters. The molecule has 9 atom stereocenters. The molecule has 0 aromatic carbocycles. The summed E-state index contributed by atoms with van der Waals surface area (Å²) in [5.41, 5.74) is 0.501. The third-order valence-electron chi connectivity index (χ3n) is 11.0. The van der Waals surface area contributed by atoms with Gasteiger partial charge in [-0.3, -0.25) is 4.79 Å². The summed E-state index contributed by atoms with van der Waals surface area (Å²) in [4.78, 5) is 14.8. The molecule has 0 radical (unpaired) electrons. The van der Waals surface area contributed by atoms with Crippen molar-refractivity contribution in [2.75, 3.05) is 13.1 Å². The zero-order valence-electron chi connectivity index (χ0n) is 21.4. The lowest BCUT2D eigenvalue weighted by Gasteiger charge is -2.61. The Balaban J connectivity index is 1.40. The van der Waals surface area contributed by atoms with Crippen LogP contribution in [0.3, 0.4) is 0 Å². The van der Waals surface area contributed by atoms with E-state index in [0.717, 1.165) is 36.6 Å². The van der Waals surface area contributed by atoms with Crippen molar-refractivity contribution in [1.29, 1.82) is 0 Å². The fraction of sp³-hybridized carbons (Fsp3) is 0.889. The predicted octanol–water partition coefficient (Wildman–Crippen LogP) is 5.11. The van der Waals surface area contributed by atoms with Gasteiger partial charge in [-0.1, -0.05) is 32.9 Å².